The molecular weight excluding hydrogens is 237 g/mol. The summed E-state index contributed by atoms with van der Waals surface area (Å²) < 4.78 is 6.82. The fourth-order valence-electron chi connectivity index (χ4n) is 1.38. The van der Waals surface area contributed by atoms with E-state index in [9.17, 15) is 0 Å². The summed E-state index contributed by atoms with van der Waals surface area (Å²) in [5.41, 5.74) is 2.96. The van der Waals surface area contributed by atoms with Gasteiger partial charge in [0.05, 0.1) is 0 Å². The standard InChI is InChI=1S/C8H10IN/c1-2-4-8-7(3-1)5-6-9-10-8/h5-6H,1-4H2. The zero-order chi connectivity index (χ0) is 6.81. The molecule has 0 spiro atoms. The van der Waals surface area contributed by atoms with E-state index in [-0.39, 0.29) is 21.0 Å². The molecule has 54 valence electrons. The van der Waals surface area contributed by atoms with Gasteiger partial charge >= 0.3 is 0 Å². The van der Waals surface area contributed by atoms with Crippen LogP contribution in [0.15, 0.2) is 24.6 Å². The molecule has 0 amide bonds. The molecule has 1 heterocycles. The first-order valence-electron chi connectivity index (χ1n) is 3.69. The third kappa shape index (κ3) is 1.21. The van der Waals surface area contributed by atoms with Crippen LogP contribution in [0.5, 0.6) is 0 Å². The predicted octanol–water partition coefficient (Wildman–Crippen LogP) is 3.50. The fraction of sp³-hybridized carbons (Fsp3) is 0.500. The Hall–Kier alpha value is 0.0100. The molecule has 0 radical (unpaired) electrons. The lowest BCUT2D eigenvalue weighted by atomic mass is 9.97. The molecule has 0 aromatic carbocycles. The van der Waals surface area contributed by atoms with Crippen molar-refractivity contribution in [2.45, 2.75) is 25.7 Å². The van der Waals surface area contributed by atoms with Gasteiger partial charge in [-0.15, -0.1) is 0 Å². The second-order valence-electron chi connectivity index (χ2n) is 2.65. The van der Waals surface area contributed by atoms with Gasteiger partial charge in [0.2, 0.25) is 0 Å². The Morgan fingerprint density at radius 2 is 2.20 bits per heavy atom. The SMILES string of the molecule is C1=CC2=C(CCCC2)N=I1. The first-order valence-corrected chi connectivity index (χ1v) is 5.90. The number of nitrogens with zero attached hydrogens (tertiary/aromatic N) is 1. The van der Waals surface area contributed by atoms with Gasteiger partial charge in [0.25, 0.3) is 0 Å². The van der Waals surface area contributed by atoms with Crippen molar-refractivity contribution in [3.8, 4) is 0 Å². The highest BCUT2D eigenvalue weighted by atomic mass is 127. The summed E-state index contributed by atoms with van der Waals surface area (Å²) in [5, 5.41) is 0. The van der Waals surface area contributed by atoms with Gasteiger partial charge in [-0.2, -0.15) is 0 Å². The Kier molecular flexibility index (Phi) is 1.97. The van der Waals surface area contributed by atoms with Crippen LogP contribution < -0.4 is 0 Å². The van der Waals surface area contributed by atoms with Crippen molar-refractivity contribution in [3.05, 3.63) is 21.4 Å². The minimum Gasteiger partial charge on any atom is -0.227 e. The summed E-state index contributed by atoms with van der Waals surface area (Å²) >= 11 is 0.0553. The molecule has 1 aliphatic heterocycles. The van der Waals surface area contributed by atoms with Gasteiger partial charge in [0, 0.05) is 26.7 Å². The lowest BCUT2D eigenvalue weighted by molar-refractivity contribution is 0.680. The zero-order valence-electron chi connectivity index (χ0n) is 5.81. The van der Waals surface area contributed by atoms with Gasteiger partial charge in [-0.25, -0.2) is 3.15 Å². The van der Waals surface area contributed by atoms with E-state index in [0.717, 1.165) is 0 Å². The topological polar surface area (TPSA) is 12.4 Å². The highest BCUT2D eigenvalue weighted by Crippen LogP contribution is 2.32. The van der Waals surface area contributed by atoms with Crippen LogP contribution in [0.4, 0.5) is 0 Å². The van der Waals surface area contributed by atoms with Crippen LogP contribution in [-0.4, -0.2) is 0 Å². The van der Waals surface area contributed by atoms with Crippen molar-refractivity contribution in [1.82, 2.24) is 0 Å². The molecule has 0 atom stereocenters. The molecule has 0 fully saturated rings. The normalized spacial score (nSPS) is 24.0. The first kappa shape index (κ1) is 6.70. The minimum atomic E-state index is 0.0553. The van der Waals surface area contributed by atoms with Gasteiger partial charge in [-0.3, -0.25) is 0 Å². The van der Waals surface area contributed by atoms with Crippen molar-refractivity contribution in [2.75, 3.05) is 0 Å². The van der Waals surface area contributed by atoms with Crippen molar-refractivity contribution < 1.29 is 0 Å². The third-order valence-corrected chi connectivity index (χ3v) is 3.49. The van der Waals surface area contributed by atoms with E-state index < -0.39 is 0 Å². The smallest absolute Gasteiger partial charge is 0.0497 e. The summed E-state index contributed by atoms with van der Waals surface area (Å²) in [6.07, 6.45) is 7.56. The van der Waals surface area contributed by atoms with Gasteiger partial charge in [0.15, 0.2) is 0 Å². The molecule has 0 N–H and O–H groups in total. The molecular formula is C8H10IN. The molecule has 2 heteroatoms. The van der Waals surface area contributed by atoms with Crippen molar-refractivity contribution in [2.24, 2.45) is 3.15 Å². The monoisotopic (exact) mass is 247 g/mol. The Balaban J connectivity index is 2.33. The highest BCUT2D eigenvalue weighted by Gasteiger charge is 2.10. The lowest BCUT2D eigenvalue weighted by Crippen LogP contribution is -1.95. The molecule has 10 heavy (non-hydrogen) atoms. The molecule has 0 bridgehead atoms. The number of halogens is 1. The summed E-state index contributed by atoms with van der Waals surface area (Å²) in [5.74, 6) is 0. The van der Waals surface area contributed by atoms with Crippen LogP contribution in [0.2, 0.25) is 0 Å². The van der Waals surface area contributed by atoms with E-state index in [1.165, 1.54) is 37.0 Å². The van der Waals surface area contributed by atoms with Crippen LogP contribution in [0.1, 0.15) is 25.7 Å². The average Bonchev–Trinajstić information content (AvgIpc) is 2.05. The molecule has 0 unspecified atom stereocenters. The molecule has 1 aliphatic carbocycles. The summed E-state index contributed by atoms with van der Waals surface area (Å²) in [4.78, 5) is 0. The average molecular weight is 247 g/mol. The number of rotatable bonds is 0. The molecule has 0 aromatic heterocycles. The fourth-order valence-corrected chi connectivity index (χ4v) is 3.02. The second-order valence-corrected chi connectivity index (χ2v) is 4.41. The second kappa shape index (κ2) is 2.95. The lowest BCUT2D eigenvalue weighted by Gasteiger charge is -2.15. The Morgan fingerprint density at radius 3 is 3.10 bits per heavy atom. The van der Waals surface area contributed by atoms with Crippen molar-refractivity contribution in [1.29, 1.82) is 0 Å². The molecule has 1 nitrogen and oxygen atoms in total. The van der Waals surface area contributed by atoms with Crippen molar-refractivity contribution in [3.63, 3.8) is 0 Å². The quantitative estimate of drug-likeness (QED) is 0.581. The number of hydrogen-bond donors (Lipinski definition) is 0. The molecule has 0 aromatic rings. The van der Waals surface area contributed by atoms with E-state index in [2.05, 4.69) is 13.3 Å². The molecule has 0 saturated carbocycles. The maximum absolute atomic E-state index is 4.55. The summed E-state index contributed by atoms with van der Waals surface area (Å²) in [6, 6.07) is 0. The number of allylic oxidation sites excluding steroid dienone is 3. The maximum Gasteiger partial charge on any atom is 0.0497 e. The Morgan fingerprint density at radius 1 is 1.30 bits per heavy atom. The van der Waals surface area contributed by atoms with Crippen LogP contribution in [0, 0.1) is 0 Å². The van der Waals surface area contributed by atoms with Crippen LogP contribution in [-0.2, 0) is 0 Å². The van der Waals surface area contributed by atoms with Crippen LogP contribution in [0.3, 0.4) is 0 Å². The third-order valence-electron chi connectivity index (χ3n) is 1.95. The van der Waals surface area contributed by atoms with E-state index in [1.807, 2.05) is 0 Å². The maximum atomic E-state index is 4.55. The van der Waals surface area contributed by atoms with Crippen LogP contribution >= 0.6 is 21.0 Å². The minimum absolute atomic E-state index is 0.0553. The van der Waals surface area contributed by atoms with Gasteiger partial charge in [-0.05, 0) is 35.3 Å². The Bertz CT molecular complexity index is 201. The van der Waals surface area contributed by atoms with E-state index in [0.29, 0.717) is 0 Å². The van der Waals surface area contributed by atoms with Crippen LogP contribution in [0.25, 0.3) is 0 Å². The Labute approximate surface area is 71.4 Å². The first-order chi connectivity index (χ1) is 4.97. The molecule has 0 saturated heterocycles. The molecule has 2 rings (SSSR count). The predicted molar refractivity (Wildman–Crippen MR) is 51.1 cm³/mol. The zero-order valence-corrected chi connectivity index (χ0v) is 7.97. The summed E-state index contributed by atoms with van der Waals surface area (Å²) in [7, 11) is 0. The van der Waals surface area contributed by atoms with Gasteiger partial charge in [-0.1, -0.05) is 6.08 Å². The largest absolute Gasteiger partial charge is 0.227 e. The number of hydrogen-bond acceptors (Lipinski definition) is 1. The van der Waals surface area contributed by atoms with Gasteiger partial charge in [0.1, 0.15) is 0 Å². The van der Waals surface area contributed by atoms with E-state index in [1.54, 1.807) is 0 Å². The summed E-state index contributed by atoms with van der Waals surface area (Å²) in [6.45, 7) is 0. The van der Waals surface area contributed by atoms with E-state index >= 15 is 0 Å². The molecule has 2 aliphatic rings. The van der Waals surface area contributed by atoms with E-state index in [4.69, 9.17) is 0 Å². The van der Waals surface area contributed by atoms with Gasteiger partial charge < -0.3 is 0 Å². The highest BCUT2D eigenvalue weighted by molar-refractivity contribution is 14.2. The van der Waals surface area contributed by atoms with Crippen molar-refractivity contribution >= 4 is 21.0 Å².